The average molecular weight is 286 g/mol. The van der Waals surface area contributed by atoms with Crippen molar-refractivity contribution in [2.45, 2.75) is 33.7 Å². The third-order valence-electron chi connectivity index (χ3n) is 4.37. The van der Waals surface area contributed by atoms with Crippen molar-refractivity contribution in [1.29, 1.82) is 0 Å². The van der Waals surface area contributed by atoms with Crippen LogP contribution in [-0.2, 0) is 6.54 Å². The zero-order valence-corrected chi connectivity index (χ0v) is 13.1. The minimum atomic E-state index is 0.0243. The zero-order chi connectivity index (χ0) is 15.0. The van der Waals surface area contributed by atoms with Crippen molar-refractivity contribution in [3.05, 3.63) is 46.0 Å². The van der Waals surface area contributed by atoms with Crippen LogP contribution in [0.15, 0.2) is 29.2 Å². The van der Waals surface area contributed by atoms with Gasteiger partial charge in [-0.1, -0.05) is 19.9 Å². The number of aromatic nitrogens is 2. The van der Waals surface area contributed by atoms with Crippen LogP contribution in [0, 0.1) is 18.8 Å². The van der Waals surface area contributed by atoms with Gasteiger partial charge >= 0.3 is 0 Å². The lowest BCUT2D eigenvalue weighted by Gasteiger charge is -2.31. The highest BCUT2D eigenvalue weighted by atomic mass is 16.1. The number of quaternary nitrogens is 1. The van der Waals surface area contributed by atoms with Gasteiger partial charge in [-0.25, -0.2) is 4.98 Å². The highest BCUT2D eigenvalue weighted by Gasteiger charge is 2.25. The van der Waals surface area contributed by atoms with Crippen molar-refractivity contribution in [1.82, 2.24) is 9.38 Å². The minimum absolute atomic E-state index is 0.0243. The summed E-state index contributed by atoms with van der Waals surface area (Å²) in [7, 11) is 0. The maximum atomic E-state index is 12.2. The molecule has 0 saturated carbocycles. The minimum Gasteiger partial charge on any atom is -0.329 e. The molecule has 0 aliphatic carbocycles. The van der Waals surface area contributed by atoms with E-state index in [-0.39, 0.29) is 5.56 Å². The summed E-state index contributed by atoms with van der Waals surface area (Å²) in [6, 6.07) is 5.63. The van der Waals surface area contributed by atoms with Gasteiger partial charge in [0, 0.05) is 24.1 Å². The van der Waals surface area contributed by atoms with Gasteiger partial charge in [0.1, 0.15) is 17.9 Å². The highest BCUT2D eigenvalue weighted by molar-refractivity contribution is 5.39. The number of nitrogens with one attached hydrogen (secondary N) is 1. The molecule has 3 heterocycles. The Morgan fingerprint density at radius 2 is 2.00 bits per heavy atom. The molecule has 112 valence electrons. The van der Waals surface area contributed by atoms with Crippen LogP contribution < -0.4 is 10.5 Å². The molecule has 3 rings (SSSR count). The second-order valence-corrected chi connectivity index (χ2v) is 6.80. The molecular weight excluding hydrogens is 262 g/mol. The molecule has 1 aliphatic heterocycles. The van der Waals surface area contributed by atoms with Crippen LogP contribution in [0.25, 0.3) is 5.65 Å². The Kier molecular flexibility index (Phi) is 3.81. The largest absolute Gasteiger partial charge is 0.329 e. The van der Waals surface area contributed by atoms with E-state index in [0.29, 0.717) is 0 Å². The molecule has 1 N–H and O–H groups in total. The van der Waals surface area contributed by atoms with E-state index in [0.717, 1.165) is 35.3 Å². The summed E-state index contributed by atoms with van der Waals surface area (Å²) in [4.78, 5) is 18.4. The fourth-order valence-corrected chi connectivity index (χ4v) is 3.67. The SMILES string of the molecule is Cc1ccc2nc(C[NH+]3C[C@H](C)C[C@H](C)C3)cc(=O)n2c1. The number of pyridine rings is 1. The Balaban J connectivity index is 1.87. The van der Waals surface area contributed by atoms with Crippen LogP contribution in [-0.4, -0.2) is 22.5 Å². The molecule has 2 aromatic rings. The zero-order valence-electron chi connectivity index (χ0n) is 13.1. The molecule has 4 heteroatoms. The van der Waals surface area contributed by atoms with Crippen molar-refractivity contribution >= 4 is 5.65 Å². The third kappa shape index (κ3) is 3.16. The van der Waals surface area contributed by atoms with Gasteiger partial charge in [-0.2, -0.15) is 0 Å². The molecule has 1 unspecified atom stereocenters. The van der Waals surface area contributed by atoms with E-state index in [2.05, 4.69) is 18.8 Å². The highest BCUT2D eigenvalue weighted by Crippen LogP contribution is 2.12. The van der Waals surface area contributed by atoms with E-state index in [1.807, 2.05) is 25.3 Å². The summed E-state index contributed by atoms with van der Waals surface area (Å²) in [5.41, 5.74) is 2.76. The molecule has 0 spiro atoms. The van der Waals surface area contributed by atoms with E-state index < -0.39 is 0 Å². The van der Waals surface area contributed by atoms with E-state index in [1.54, 1.807) is 15.4 Å². The molecule has 21 heavy (non-hydrogen) atoms. The van der Waals surface area contributed by atoms with Crippen molar-refractivity contribution in [2.75, 3.05) is 13.1 Å². The second kappa shape index (κ2) is 5.60. The molecule has 2 aromatic heterocycles. The number of hydrogen-bond acceptors (Lipinski definition) is 2. The second-order valence-electron chi connectivity index (χ2n) is 6.80. The predicted molar refractivity (Wildman–Crippen MR) is 83.5 cm³/mol. The lowest BCUT2D eigenvalue weighted by molar-refractivity contribution is -0.926. The van der Waals surface area contributed by atoms with Gasteiger partial charge in [-0.3, -0.25) is 9.20 Å². The van der Waals surface area contributed by atoms with Gasteiger partial charge in [0.05, 0.1) is 13.1 Å². The number of piperidine rings is 1. The molecule has 1 saturated heterocycles. The van der Waals surface area contributed by atoms with Gasteiger partial charge in [-0.05, 0) is 25.0 Å². The number of aryl methyl sites for hydroxylation is 1. The van der Waals surface area contributed by atoms with Gasteiger partial charge < -0.3 is 4.90 Å². The predicted octanol–water partition coefficient (Wildman–Crippen LogP) is 1.06. The molecule has 0 aromatic carbocycles. The van der Waals surface area contributed by atoms with Crippen molar-refractivity contribution in [3.8, 4) is 0 Å². The molecular formula is C17H24N3O+. The Bertz CT molecular complexity index is 697. The van der Waals surface area contributed by atoms with Gasteiger partial charge in [0.15, 0.2) is 0 Å². The van der Waals surface area contributed by atoms with E-state index in [9.17, 15) is 4.79 Å². The quantitative estimate of drug-likeness (QED) is 0.897. The normalized spacial score (nSPS) is 26.1. The third-order valence-corrected chi connectivity index (χ3v) is 4.37. The molecule has 0 radical (unpaired) electrons. The molecule has 0 bridgehead atoms. The van der Waals surface area contributed by atoms with Gasteiger partial charge in [0.25, 0.3) is 5.56 Å². The van der Waals surface area contributed by atoms with Crippen molar-refractivity contribution in [2.24, 2.45) is 11.8 Å². The summed E-state index contributed by atoms with van der Waals surface area (Å²) in [5.74, 6) is 1.51. The fraction of sp³-hybridized carbons (Fsp3) is 0.529. The Hall–Kier alpha value is -1.68. The summed E-state index contributed by atoms with van der Waals surface area (Å²) in [6.07, 6.45) is 3.17. The van der Waals surface area contributed by atoms with Crippen LogP contribution in [0.1, 0.15) is 31.5 Å². The molecule has 1 aliphatic rings. The molecule has 4 nitrogen and oxygen atoms in total. The summed E-state index contributed by atoms with van der Waals surface area (Å²) in [5, 5.41) is 0. The van der Waals surface area contributed by atoms with Crippen LogP contribution >= 0.6 is 0 Å². The average Bonchev–Trinajstić information content (AvgIpc) is 2.38. The number of nitrogens with zero attached hydrogens (tertiary/aromatic N) is 2. The topological polar surface area (TPSA) is 38.8 Å². The van der Waals surface area contributed by atoms with Crippen LogP contribution in [0.5, 0.6) is 0 Å². The van der Waals surface area contributed by atoms with E-state index >= 15 is 0 Å². The fourth-order valence-electron chi connectivity index (χ4n) is 3.67. The number of hydrogen-bond donors (Lipinski definition) is 1. The van der Waals surface area contributed by atoms with Crippen molar-refractivity contribution < 1.29 is 4.90 Å². The smallest absolute Gasteiger partial charge is 0.258 e. The monoisotopic (exact) mass is 286 g/mol. The summed E-state index contributed by atoms with van der Waals surface area (Å²) < 4.78 is 1.63. The van der Waals surface area contributed by atoms with Crippen LogP contribution in [0.2, 0.25) is 0 Å². The lowest BCUT2D eigenvalue weighted by atomic mass is 9.92. The Labute approximate surface area is 125 Å². The first-order valence-corrected chi connectivity index (χ1v) is 7.84. The van der Waals surface area contributed by atoms with E-state index in [4.69, 9.17) is 0 Å². The summed E-state index contributed by atoms with van der Waals surface area (Å²) >= 11 is 0. The summed E-state index contributed by atoms with van der Waals surface area (Å²) in [6.45, 7) is 9.84. The van der Waals surface area contributed by atoms with Crippen LogP contribution in [0.3, 0.4) is 0 Å². The first kappa shape index (κ1) is 14.3. The Morgan fingerprint density at radius 3 is 2.71 bits per heavy atom. The number of rotatable bonds is 2. The molecule has 3 atom stereocenters. The Morgan fingerprint density at radius 1 is 1.29 bits per heavy atom. The first-order valence-electron chi connectivity index (χ1n) is 7.84. The molecule has 0 amide bonds. The van der Waals surface area contributed by atoms with Gasteiger partial charge in [0.2, 0.25) is 0 Å². The van der Waals surface area contributed by atoms with Crippen molar-refractivity contribution in [3.63, 3.8) is 0 Å². The van der Waals surface area contributed by atoms with Crippen LogP contribution in [0.4, 0.5) is 0 Å². The van der Waals surface area contributed by atoms with E-state index in [1.165, 1.54) is 19.5 Å². The lowest BCUT2D eigenvalue weighted by Crippen LogP contribution is -3.13. The van der Waals surface area contributed by atoms with Gasteiger partial charge in [-0.15, -0.1) is 0 Å². The maximum Gasteiger partial charge on any atom is 0.258 e. The maximum absolute atomic E-state index is 12.2. The molecule has 1 fully saturated rings. The number of fused-ring (bicyclic) bond motifs is 1. The standard InChI is InChI=1S/C17H23N3O/c1-12-4-5-16-18-15(7-17(21)20(16)10-12)11-19-8-13(2)6-14(3)9-19/h4-5,7,10,13-14H,6,8-9,11H2,1-3H3/p+1/t13-,14+. The first-order chi connectivity index (χ1) is 10.0. The number of likely N-dealkylation sites (tertiary alicyclic amines) is 1.